The molecule has 184 valence electrons. The average molecular weight is 569 g/mol. The lowest BCUT2D eigenvalue weighted by Gasteiger charge is -2.12. The number of hydrogen-bond donors (Lipinski definition) is 2. The summed E-state index contributed by atoms with van der Waals surface area (Å²) < 4.78 is 16.6. The summed E-state index contributed by atoms with van der Waals surface area (Å²) in [6.07, 6.45) is 1.60. The van der Waals surface area contributed by atoms with Crippen LogP contribution in [0.1, 0.15) is 21.1 Å². The van der Waals surface area contributed by atoms with Crippen LogP contribution in [0.4, 0.5) is 0 Å². The van der Waals surface area contributed by atoms with Gasteiger partial charge >= 0.3 is 0 Å². The van der Waals surface area contributed by atoms with E-state index in [1.165, 1.54) is 31.6 Å². The van der Waals surface area contributed by atoms with Gasteiger partial charge in [0.05, 0.1) is 20.8 Å². The normalized spacial score (nSPS) is 11.1. The van der Waals surface area contributed by atoms with E-state index < -0.39 is 11.8 Å². The van der Waals surface area contributed by atoms with E-state index >= 15 is 0 Å². The van der Waals surface area contributed by atoms with Crippen molar-refractivity contribution in [2.45, 2.75) is 6.54 Å². The maximum Gasteiger partial charge on any atom is 0.268 e. The van der Waals surface area contributed by atoms with E-state index in [4.69, 9.17) is 14.0 Å². The van der Waals surface area contributed by atoms with Crippen molar-refractivity contribution < 1.29 is 23.6 Å². The van der Waals surface area contributed by atoms with E-state index in [2.05, 4.69) is 36.7 Å². The number of thiophene rings is 1. The standard InChI is InChI=1S/C25H21BrN4O5S/c1-33-20-9-8-16(12-21(20)34-2)24(31)28-19(13-18-7-4-10-36-18)25(32)27-14-22-29-23(30-35-22)15-5-3-6-17(26)11-15/h3-13H,14H2,1-2H3,(H,27,32)(H,28,31)/b19-13-. The lowest BCUT2D eigenvalue weighted by atomic mass is 10.1. The maximum atomic E-state index is 13.0. The minimum absolute atomic E-state index is 0.0200. The molecule has 0 unspecified atom stereocenters. The number of halogens is 1. The van der Waals surface area contributed by atoms with Crippen LogP contribution in [0.25, 0.3) is 17.5 Å². The largest absolute Gasteiger partial charge is 0.493 e. The first-order valence-electron chi connectivity index (χ1n) is 10.6. The Balaban J connectivity index is 1.49. The Kier molecular flexibility index (Phi) is 8.13. The molecular formula is C25H21BrN4O5S. The molecule has 0 bridgehead atoms. The van der Waals surface area contributed by atoms with Crippen molar-refractivity contribution in [1.82, 2.24) is 20.8 Å². The number of nitrogens with zero attached hydrogens (tertiary/aromatic N) is 2. The summed E-state index contributed by atoms with van der Waals surface area (Å²) >= 11 is 4.84. The predicted octanol–water partition coefficient (Wildman–Crippen LogP) is 4.67. The van der Waals surface area contributed by atoms with Crippen LogP contribution in [-0.4, -0.2) is 36.2 Å². The van der Waals surface area contributed by atoms with Crippen LogP contribution in [-0.2, 0) is 11.3 Å². The molecule has 2 amide bonds. The zero-order valence-electron chi connectivity index (χ0n) is 19.3. The van der Waals surface area contributed by atoms with Gasteiger partial charge in [0.15, 0.2) is 11.5 Å². The first kappa shape index (κ1) is 25.1. The van der Waals surface area contributed by atoms with Crippen molar-refractivity contribution in [1.29, 1.82) is 0 Å². The Hall–Kier alpha value is -3.96. The molecule has 0 spiro atoms. The highest BCUT2D eigenvalue weighted by Gasteiger charge is 2.18. The van der Waals surface area contributed by atoms with Gasteiger partial charge in [-0.15, -0.1) is 11.3 Å². The smallest absolute Gasteiger partial charge is 0.268 e. The van der Waals surface area contributed by atoms with Gasteiger partial charge in [0.2, 0.25) is 11.7 Å². The third-order valence-corrected chi connectivity index (χ3v) is 6.23. The van der Waals surface area contributed by atoms with E-state index in [0.29, 0.717) is 22.9 Å². The van der Waals surface area contributed by atoms with Crippen molar-refractivity contribution in [3.05, 3.63) is 86.5 Å². The topological polar surface area (TPSA) is 116 Å². The molecule has 4 rings (SSSR count). The molecule has 2 aromatic carbocycles. The van der Waals surface area contributed by atoms with Crippen molar-refractivity contribution in [2.75, 3.05) is 14.2 Å². The van der Waals surface area contributed by atoms with Gasteiger partial charge in [0, 0.05) is 20.5 Å². The zero-order valence-corrected chi connectivity index (χ0v) is 21.7. The quantitative estimate of drug-likeness (QED) is 0.282. The second-order valence-corrected chi connectivity index (χ2v) is 9.20. The zero-order chi connectivity index (χ0) is 25.5. The Labute approximate surface area is 219 Å². The summed E-state index contributed by atoms with van der Waals surface area (Å²) in [6.45, 7) is -0.0200. The molecule has 0 atom stereocenters. The second-order valence-electron chi connectivity index (χ2n) is 7.30. The van der Waals surface area contributed by atoms with E-state index in [1.54, 1.807) is 18.2 Å². The van der Waals surface area contributed by atoms with Crippen molar-refractivity contribution >= 4 is 45.2 Å². The summed E-state index contributed by atoms with van der Waals surface area (Å²) in [5.74, 6) is 0.513. The molecule has 0 aliphatic carbocycles. The van der Waals surface area contributed by atoms with Crippen molar-refractivity contribution in [3.63, 3.8) is 0 Å². The molecule has 0 radical (unpaired) electrons. The molecule has 0 saturated heterocycles. The van der Waals surface area contributed by atoms with Crippen LogP contribution in [0.3, 0.4) is 0 Å². The van der Waals surface area contributed by atoms with E-state index in [-0.39, 0.29) is 18.1 Å². The van der Waals surface area contributed by atoms with E-state index in [9.17, 15) is 9.59 Å². The summed E-state index contributed by atoms with van der Waals surface area (Å²) in [6, 6.07) is 15.9. The lowest BCUT2D eigenvalue weighted by Crippen LogP contribution is -2.34. The molecular weight excluding hydrogens is 548 g/mol. The molecule has 0 saturated carbocycles. The number of rotatable bonds is 9. The molecule has 0 fully saturated rings. The summed E-state index contributed by atoms with van der Waals surface area (Å²) in [4.78, 5) is 31.1. The first-order valence-corrected chi connectivity index (χ1v) is 12.3. The Morgan fingerprint density at radius 2 is 1.92 bits per heavy atom. The van der Waals surface area contributed by atoms with Gasteiger partial charge in [-0.2, -0.15) is 4.98 Å². The number of benzene rings is 2. The number of hydrogen-bond acceptors (Lipinski definition) is 8. The monoisotopic (exact) mass is 568 g/mol. The third kappa shape index (κ3) is 6.18. The van der Waals surface area contributed by atoms with E-state index in [1.807, 2.05) is 41.8 Å². The fourth-order valence-electron chi connectivity index (χ4n) is 3.17. The van der Waals surface area contributed by atoms with Gasteiger partial charge in [-0.05, 0) is 47.9 Å². The van der Waals surface area contributed by atoms with Crippen LogP contribution in [0.5, 0.6) is 11.5 Å². The first-order chi connectivity index (χ1) is 17.5. The minimum Gasteiger partial charge on any atom is -0.493 e. The van der Waals surface area contributed by atoms with Gasteiger partial charge in [-0.25, -0.2) is 0 Å². The molecule has 2 N–H and O–H groups in total. The number of carbonyl (C=O) groups is 2. The van der Waals surface area contributed by atoms with Crippen LogP contribution in [0, 0.1) is 0 Å². The third-order valence-electron chi connectivity index (χ3n) is 4.92. The number of carbonyl (C=O) groups excluding carboxylic acids is 2. The Morgan fingerprint density at radius 1 is 1.08 bits per heavy atom. The van der Waals surface area contributed by atoms with Crippen molar-refractivity contribution in [2.24, 2.45) is 0 Å². The fraction of sp³-hybridized carbons (Fsp3) is 0.120. The number of ether oxygens (including phenoxy) is 2. The van der Waals surface area contributed by atoms with Crippen molar-refractivity contribution in [3.8, 4) is 22.9 Å². The second kappa shape index (κ2) is 11.6. The minimum atomic E-state index is -0.514. The van der Waals surface area contributed by atoms with Crippen LogP contribution in [0.2, 0.25) is 0 Å². The van der Waals surface area contributed by atoms with Crippen LogP contribution < -0.4 is 20.1 Å². The highest BCUT2D eigenvalue weighted by atomic mass is 79.9. The highest BCUT2D eigenvalue weighted by Crippen LogP contribution is 2.27. The van der Waals surface area contributed by atoms with Gasteiger partial charge in [-0.1, -0.05) is 39.3 Å². The van der Waals surface area contributed by atoms with Gasteiger partial charge in [0.1, 0.15) is 5.70 Å². The molecule has 36 heavy (non-hydrogen) atoms. The van der Waals surface area contributed by atoms with Crippen LogP contribution in [0.15, 0.2) is 74.7 Å². The number of methoxy groups -OCH3 is 2. The highest BCUT2D eigenvalue weighted by molar-refractivity contribution is 9.10. The molecule has 0 aliphatic rings. The SMILES string of the molecule is COc1ccc(C(=O)N/C(=C\c2cccs2)C(=O)NCc2nc(-c3cccc(Br)c3)no2)cc1OC. The molecule has 2 aromatic heterocycles. The summed E-state index contributed by atoms with van der Waals surface area (Å²) in [5, 5.41) is 11.2. The number of amides is 2. The maximum absolute atomic E-state index is 13.0. The van der Waals surface area contributed by atoms with Crippen LogP contribution >= 0.6 is 27.3 Å². The van der Waals surface area contributed by atoms with Gasteiger partial charge in [-0.3, -0.25) is 9.59 Å². The molecule has 2 heterocycles. The summed E-state index contributed by atoms with van der Waals surface area (Å²) in [5.41, 5.74) is 1.13. The fourth-order valence-corrected chi connectivity index (χ4v) is 4.23. The molecule has 9 nitrogen and oxygen atoms in total. The lowest BCUT2D eigenvalue weighted by molar-refractivity contribution is -0.118. The molecule has 0 aliphatic heterocycles. The molecule has 4 aromatic rings. The average Bonchev–Trinajstić information content (AvgIpc) is 3.59. The Bertz CT molecular complexity index is 1400. The predicted molar refractivity (Wildman–Crippen MR) is 139 cm³/mol. The number of nitrogens with one attached hydrogen (secondary N) is 2. The number of aromatic nitrogens is 2. The molecule has 11 heteroatoms. The van der Waals surface area contributed by atoms with Gasteiger partial charge < -0.3 is 24.6 Å². The van der Waals surface area contributed by atoms with E-state index in [0.717, 1.165) is 14.9 Å². The van der Waals surface area contributed by atoms with Gasteiger partial charge in [0.25, 0.3) is 11.8 Å². The Morgan fingerprint density at radius 3 is 2.64 bits per heavy atom. The summed E-state index contributed by atoms with van der Waals surface area (Å²) in [7, 11) is 2.99.